The molecular formula is C30H40N2O6. The lowest BCUT2D eigenvalue weighted by atomic mass is 9.95. The molecular weight excluding hydrogens is 484 g/mol. The van der Waals surface area contributed by atoms with Crippen LogP contribution >= 0.6 is 0 Å². The second-order valence-electron chi connectivity index (χ2n) is 9.22. The topological polar surface area (TPSA) is 88.5 Å². The van der Waals surface area contributed by atoms with Crippen molar-refractivity contribution in [3.05, 3.63) is 59.2 Å². The summed E-state index contributed by atoms with van der Waals surface area (Å²) in [6.07, 6.45) is 2.62. The number of rotatable bonds is 14. The maximum absolute atomic E-state index is 13.4. The van der Waals surface area contributed by atoms with E-state index in [4.69, 9.17) is 14.2 Å². The molecule has 1 heterocycles. The van der Waals surface area contributed by atoms with Crippen LogP contribution in [0, 0.1) is 0 Å². The first-order chi connectivity index (χ1) is 18.4. The molecule has 8 heteroatoms. The van der Waals surface area contributed by atoms with E-state index in [2.05, 4.69) is 25.7 Å². The number of benzene rings is 2. The lowest BCUT2D eigenvalue weighted by Crippen LogP contribution is -2.33. The predicted octanol–water partition coefficient (Wildman–Crippen LogP) is 5.04. The summed E-state index contributed by atoms with van der Waals surface area (Å²) in [5.74, 6) is 0.0707. The Bertz CT molecular complexity index is 1140. The fourth-order valence-electron chi connectivity index (χ4n) is 4.69. The Kier molecular flexibility index (Phi) is 10.6. The van der Waals surface area contributed by atoms with Crippen LogP contribution in [0.25, 0.3) is 5.76 Å². The summed E-state index contributed by atoms with van der Waals surface area (Å²) in [5.41, 5.74) is 1.12. The maximum atomic E-state index is 13.4. The molecule has 1 N–H and O–H groups in total. The van der Waals surface area contributed by atoms with Crippen LogP contribution in [-0.4, -0.2) is 73.6 Å². The van der Waals surface area contributed by atoms with Gasteiger partial charge in [0, 0.05) is 12.1 Å². The predicted molar refractivity (Wildman–Crippen MR) is 148 cm³/mol. The minimum Gasteiger partial charge on any atom is -0.507 e. The van der Waals surface area contributed by atoms with Crippen LogP contribution in [0.2, 0.25) is 0 Å². The zero-order valence-electron chi connectivity index (χ0n) is 23.2. The van der Waals surface area contributed by atoms with Crippen molar-refractivity contribution in [3.8, 4) is 17.2 Å². The molecule has 0 bridgehead atoms. The van der Waals surface area contributed by atoms with Crippen molar-refractivity contribution in [1.29, 1.82) is 0 Å². The number of aliphatic hydroxyl groups is 1. The maximum Gasteiger partial charge on any atom is 0.295 e. The zero-order valence-corrected chi connectivity index (χ0v) is 23.2. The number of hydrogen-bond donors (Lipinski definition) is 1. The summed E-state index contributed by atoms with van der Waals surface area (Å²) in [7, 11) is 3.09. The second-order valence-corrected chi connectivity index (χ2v) is 9.22. The van der Waals surface area contributed by atoms with Gasteiger partial charge in [-0.2, -0.15) is 0 Å². The number of hydrogen-bond acceptors (Lipinski definition) is 7. The Morgan fingerprint density at radius 3 is 2.39 bits per heavy atom. The first-order valence-corrected chi connectivity index (χ1v) is 13.4. The standard InChI is InChI=1S/C30H40N2O6/c1-6-9-18-38-24-15-14-21(20-25(24)37-5)27-26(28(33)22-12-10-13-23(19-22)36-4)29(34)30(35)32(27)17-11-16-31(7-2)8-3/h10,12-15,19-20,27,33H,6-9,11,16-18H2,1-5H3. The van der Waals surface area contributed by atoms with Gasteiger partial charge in [0.1, 0.15) is 11.5 Å². The molecule has 38 heavy (non-hydrogen) atoms. The highest BCUT2D eigenvalue weighted by Crippen LogP contribution is 2.42. The van der Waals surface area contributed by atoms with Gasteiger partial charge in [-0.25, -0.2) is 0 Å². The van der Waals surface area contributed by atoms with Crippen LogP contribution < -0.4 is 14.2 Å². The van der Waals surface area contributed by atoms with E-state index in [0.29, 0.717) is 47.9 Å². The lowest BCUT2D eigenvalue weighted by Gasteiger charge is -2.27. The molecule has 1 aliphatic heterocycles. The van der Waals surface area contributed by atoms with Gasteiger partial charge in [0.25, 0.3) is 11.7 Å². The minimum absolute atomic E-state index is 0.0489. The van der Waals surface area contributed by atoms with E-state index in [1.54, 1.807) is 48.4 Å². The highest BCUT2D eigenvalue weighted by Gasteiger charge is 2.46. The monoisotopic (exact) mass is 524 g/mol. The van der Waals surface area contributed by atoms with Gasteiger partial charge in [-0.1, -0.05) is 45.4 Å². The molecule has 0 aromatic heterocycles. The Morgan fingerprint density at radius 1 is 0.974 bits per heavy atom. The number of methoxy groups -OCH3 is 2. The minimum atomic E-state index is -0.767. The number of carbonyl (C=O) groups is 2. The average Bonchev–Trinajstić information content (AvgIpc) is 3.20. The summed E-state index contributed by atoms with van der Waals surface area (Å²) in [5, 5.41) is 11.4. The SMILES string of the molecule is CCCCOc1ccc(C2C(=C(O)c3cccc(OC)c3)C(=O)C(=O)N2CCCN(CC)CC)cc1OC. The molecule has 3 rings (SSSR count). The van der Waals surface area contributed by atoms with Gasteiger partial charge < -0.3 is 29.1 Å². The van der Waals surface area contributed by atoms with Crippen molar-refractivity contribution >= 4 is 17.4 Å². The molecule has 1 aliphatic rings. The third kappa shape index (κ3) is 6.48. The first kappa shape index (κ1) is 29.0. The number of nitrogens with zero attached hydrogens (tertiary/aromatic N) is 2. The van der Waals surface area contributed by atoms with Gasteiger partial charge in [0.05, 0.1) is 32.4 Å². The van der Waals surface area contributed by atoms with Crippen LogP contribution in [0.4, 0.5) is 0 Å². The molecule has 1 fully saturated rings. The molecule has 1 unspecified atom stereocenters. The van der Waals surface area contributed by atoms with Crippen LogP contribution in [0.15, 0.2) is 48.0 Å². The fraction of sp³-hybridized carbons (Fsp3) is 0.467. The summed E-state index contributed by atoms with van der Waals surface area (Å²) in [6, 6.07) is 11.5. The van der Waals surface area contributed by atoms with Crippen molar-refractivity contribution < 1.29 is 28.9 Å². The highest BCUT2D eigenvalue weighted by atomic mass is 16.5. The smallest absolute Gasteiger partial charge is 0.295 e. The van der Waals surface area contributed by atoms with E-state index < -0.39 is 17.7 Å². The van der Waals surface area contributed by atoms with Crippen molar-refractivity contribution in [2.24, 2.45) is 0 Å². The molecule has 206 valence electrons. The van der Waals surface area contributed by atoms with E-state index in [-0.39, 0.29) is 11.3 Å². The molecule has 0 spiro atoms. The quantitative estimate of drug-likeness (QED) is 0.160. The van der Waals surface area contributed by atoms with Crippen LogP contribution in [0.5, 0.6) is 17.2 Å². The van der Waals surface area contributed by atoms with Crippen molar-refractivity contribution in [3.63, 3.8) is 0 Å². The van der Waals surface area contributed by atoms with Gasteiger partial charge in [-0.3, -0.25) is 9.59 Å². The van der Waals surface area contributed by atoms with E-state index >= 15 is 0 Å². The highest BCUT2D eigenvalue weighted by molar-refractivity contribution is 6.46. The Hall–Kier alpha value is -3.52. The fourth-order valence-corrected chi connectivity index (χ4v) is 4.69. The number of ether oxygens (including phenoxy) is 3. The molecule has 0 saturated carbocycles. The molecule has 2 aromatic rings. The molecule has 1 atom stereocenters. The summed E-state index contributed by atoms with van der Waals surface area (Å²) < 4.78 is 16.8. The molecule has 2 aromatic carbocycles. The Balaban J connectivity index is 2.07. The molecule has 8 nitrogen and oxygen atoms in total. The Labute approximate surface area is 225 Å². The number of aliphatic hydroxyl groups excluding tert-OH is 1. The van der Waals surface area contributed by atoms with Gasteiger partial charge in [0.15, 0.2) is 11.5 Å². The van der Waals surface area contributed by atoms with Gasteiger partial charge in [0.2, 0.25) is 0 Å². The number of unbranched alkanes of at least 4 members (excludes halogenated alkanes) is 1. The first-order valence-electron chi connectivity index (χ1n) is 13.4. The van der Waals surface area contributed by atoms with Gasteiger partial charge in [-0.15, -0.1) is 0 Å². The molecule has 1 saturated heterocycles. The second kappa shape index (κ2) is 13.9. The van der Waals surface area contributed by atoms with Crippen molar-refractivity contribution in [1.82, 2.24) is 9.80 Å². The number of ketones is 1. The lowest BCUT2D eigenvalue weighted by molar-refractivity contribution is -0.140. The summed E-state index contributed by atoms with van der Waals surface area (Å²) >= 11 is 0. The normalized spacial score (nSPS) is 16.8. The largest absolute Gasteiger partial charge is 0.507 e. The van der Waals surface area contributed by atoms with E-state index in [0.717, 1.165) is 32.5 Å². The number of Topliss-reactive ketones (excluding diaryl/α,β-unsaturated/α-hetero) is 1. The molecule has 1 amide bonds. The number of amides is 1. The zero-order chi connectivity index (χ0) is 27.7. The average molecular weight is 525 g/mol. The van der Waals surface area contributed by atoms with Crippen LogP contribution in [0.1, 0.15) is 57.2 Å². The third-order valence-corrected chi connectivity index (χ3v) is 6.91. The molecule has 0 radical (unpaired) electrons. The number of likely N-dealkylation sites (tertiary alicyclic amines) is 1. The third-order valence-electron chi connectivity index (χ3n) is 6.91. The Morgan fingerprint density at radius 2 is 1.74 bits per heavy atom. The van der Waals surface area contributed by atoms with Crippen LogP contribution in [0.3, 0.4) is 0 Å². The van der Waals surface area contributed by atoms with Crippen molar-refractivity contribution in [2.75, 3.05) is 47.0 Å². The van der Waals surface area contributed by atoms with Gasteiger partial charge in [-0.05, 0) is 62.3 Å². The molecule has 0 aliphatic carbocycles. The number of carbonyl (C=O) groups excluding carboxylic acids is 2. The summed E-state index contributed by atoms with van der Waals surface area (Å²) in [6.45, 7) is 9.84. The van der Waals surface area contributed by atoms with E-state index in [1.165, 1.54) is 7.11 Å². The van der Waals surface area contributed by atoms with E-state index in [1.807, 2.05) is 6.07 Å². The van der Waals surface area contributed by atoms with Crippen LogP contribution in [-0.2, 0) is 9.59 Å². The van der Waals surface area contributed by atoms with Gasteiger partial charge >= 0.3 is 0 Å². The van der Waals surface area contributed by atoms with E-state index in [9.17, 15) is 14.7 Å². The van der Waals surface area contributed by atoms with Crippen molar-refractivity contribution in [2.45, 2.75) is 46.1 Å². The summed E-state index contributed by atoms with van der Waals surface area (Å²) in [4.78, 5) is 30.5.